The van der Waals surface area contributed by atoms with E-state index in [1.54, 1.807) is 26.2 Å². The molecular formula is C19H28BrN5O2. The summed E-state index contributed by atoms with van der Waals surface area (Å²) >= 11 is 3.37. The normalized spacial score (nSPS) is 15.4. The number of hydrogen-bond acceptors (Lipinski definition) is 3. The van der Waals surface area contributed by atoms with Crippen LogP contribution in [0.4, 0.5) is 0 Å². The third-order valence-corrected chi connectivity index (χ3v) is 5.15. The van der Waals surface area contributed by atoms with Gasteiger partial charge in [-0.15, -0.1) is 0 Å². The largest absolute Gasteiger partial charge is 0.359 e. The van der Waals surface area contributed by atoms with Crippen LogP contribution in [0.3, 0.4) is 0 Å². The van der Waals surface area contributed by atoms with E-state index in [0.29, 0.717) is 31.0 Å². The lowest BCUT2D eigenvalue weighted by Crippen LogP contribution is -2.47. The smallest absolute Gasteiger partial charge is 0.251 e. The van der Waals surface area contributed by atoms with Crippen molar-refractivity contribution in [2.45, 2.75) is 19.3 Å². The predicted molar refractivity (Wildman–Crippen MR) is 111 cm³/mol. The van der Waals surface area contributed by atoms with Crippen LogP contribution in [0.1, 0.15) is 29.6 Å². The van der Waals surface area contributed by atoms with Gasteiger partial charge in [-0.1, -0.05) is 22.0 Å². The fourth-order valence-corrected chi connectivity index (χ4v) is 3.53. The number of benzene rings is 1. The summed E-state index contributed by atoms with van der Waals surface area (Å²) in [5.41, 5.74) is 0.631. The lowest BCUT2D eigenvalue weighted by atomic mass is 9.93. The highest BCUT2D eigenvalue weighted by atomic mass is 79.9. The van der Waals surface area contributed by atoms with Crippen LogP contribution in [0.2, 0.25) is 0 Å². The van der Waals surface area contributed by atoms with Crippen LogP contribution in [0, 0.1) is 5.92 Å². The molecule has 0 aliphatic carbocycles. The number of piperidine rings is 1. The number of amides is 2. The number of carbonyl (C=O) groups excluding carboxylic acids is 2. The van der Waals surface area contributed by atoms with Crippen molar-refractivity contribution in [2.75, 3.05) is 40.3 Å². The first-order valence-electron chi connectivity index (χ1n) is 9.23. The number of nitrogens with zero attached hydrogens (tertiary/aromatic N) is 2. The van der Waals surface area contributed by atoms with Crippen molar-refractivity contribution in [3.05, 3.63) is 34.3 Å². The number of aliphatic imine (C=N–C) groups is 1. The molecule has 0 radical (unpaired) electrons. The molecule has 7 nitrogen and oxygen atoms in total. The van der Waals surface area contributed by atoms with Gasteiger partial charge in [0.25, 0.3) is 5.91 Å². The van der Waals surface area contributed by atoms with Crippen molar-refractivity contribution in [2.24, 2.45) is 10.9 Å². The van der Waals surface area contributed by atoms with Gasteiger partial charge in [-0.25, -0.2) is 0 Å². The highest BCUT2D eigenvalue weighted by Gasteiger charge is 2.22. The minimum absolute atomic E-state index is 0.0943. The van der Waals surface area contributed by atoms with Crippen LogP contribution >= 0.6 is 15.9 Å². The van der Waals surface area contributed by atoms with Crippen molar-refractivity contribution in [1.82, 2.24) is 20.9 Å². The van der Waals surface area contributed by atoms with Gasteiger partial charge in [0.1, 0.15) is 0 Å². The molecule has 0 bridgehead atoms. The molecule has 1 aliphatic rings. The van der Waals surface area contributed by atoms with Gasteiger partial charge in [0.2, 0.25) is 5.91 Å². The maximum Gasteiger partial charge on any atom is 0.251 e. The molecule has 2 rings (SSSR count). The molecule has 148 valence electrons. The maximum atomic E-state index is 12.1. The molecule has 8 heteroatoms. The number of halogens is 1. The standard InChI is InChI=1S/C19H28BrN5O2/c1-21-17(26)12-14-6-10-25(11-7-14)19(22-2)24-9-8-23-18(27)15-4-3-5-16(20)13-15/h3-5,13-14H,6-12H2,1-2H3,(H,21,26)(H,22,24)(H,23,27). The van der Waals surface area contributed by atoms with Crippen LogP contribution in [-0.2, 0) is 4.79 Å². The zero-order chi connectivity index (χ0) is 19.6. The summed E-state index contributed by atoms with van der Waals surface area (Å²) < 4.78 is 0.883. The van der Waals surface area contributed by atoms with E-state index in [9.17, 15) is 9.59 Å². The third kappa shape index (κ3) is 6.86. The molecule has 1 aromatic carbocycles. The Kier molecular flexibility index (Phi) is 8.57. The van der Waals surface area contributed by atoms with Gasteiger partial charge in [0.05, 0.1) is 0 Å². The van der Waals surface area contributed by atoms with E-state index >= 15 is 0 Å². The second-order valence-electron chi connectivity index (χ2n) is 6.55. The summed E-state index contributed by atoms with van der Waals surface area (Å²) in [7, 11) is 3.44. The lowest BCUT2D eigenvalue weighted by Gasteiger charge is -2.34. The summed E-state index contributed by atoms with van der Waals surface area (Å²) in [4.78, 5) is 30.2. The van der Waals surface area contributed by atoms with Gasteiger partial charge in [-0.3, -0.25) is 14.6 Å². The number of nitrogens with one attached hydrogen (secondary N) is 3. The first kappa shape index (κ1) is 21.2. The minimum atomic E-state index is -0.0943. The molecule has 0 aromatic heterocycles. The summed E-state index contributed by atoms with van der Waals surface area (Å²) in [6.45, 7) is 2.87. The third-order valence-electron chi connectivity index (χ3n) is 4.66. The fourth-order valence-electron chi connectivity index (χ4n) is 3.13. The van der Waals surface area contributed by atoms with Crippen molar-refractivity contribution in [3.63, 3.8) is 0 Å². The molecule has 27 heavy (non-hydrogen) atoms. The second-order valence-corrected chi connectivity index (χ2v) is 7.46. The van der Waals surface area contributed by atoms with Crippen molar-refractivity contribution >= 4 is 33.7 Å². The molecule has 0 spiro atoms. The molecule has 1 heterocycles. The maximum absolute atomic E-state index is 12.1. The Balaban J connectivity index is 1.70. The van der Waals surface area contributed by atoms with Crippen LogP contribution in [0.25, 0.3) is 0 Å². The Morgan fingerprint density at radius 3 is 2.56 bits per heavy atom. The molecule has 1 aliphatic heterocycles. The molecule has 0 atom stereocenters. The fraction of sp³-hybridized carbons (Fsp3) is 0.526. The molecule has 1 aromatic rings. The Morgan fingerprint density at radius 2 is 1.93 bits per heavy atom. The van der Waals surface area contributed by atoms with Crippen LogP contribution in [-0.4, -0.2) is 62.9 Å². The number of likely N-dealkylation sites (tertiary alicyclic amines) is 1. The average Bonchev–Trinajstić information content (AvgIpc) is 2.68. The van der Waals surface area contributed by atoms with Crippen molar-refractivity contribution in [1.29, 1.82) is 0 Å². The number of guanidine groups is 1. The molecular weight excluding hydrogens is 410 g/mol. The van der Waals surface area contributed by atoms with Gasteiger partial charge in [0, 0.05) is 56.7 Å². The van der Waals surface area contributed by atoms with E-state index in [-0.39, 0.29) is 11.8 Å². The van der Waals surface area contributed by atoms with Gasteiger partial charge in [-0.05, 0) is 37.0 Å². The van der Waals surface area contributed by atoms with Crippen molar-refractivity contribution in [3.8, 4) is 0 Å². The molecule has 1 fully saturated rings. The lowest BCUT2D eigenvalue weighted by molar-refractivity contribution is -0.121. The summed E-state index contributed by atoms with van der Waals surface area (Å²) in [6.07, 6.45) is 2.56. The van der Waals surface area contributed by atoms with Crippen LogP contribution < -0.4 is 16.0 Å². The van der Waals surface area contributed by atoms with Crippen molar-refractivity contribution < 1.29 is 9.59 Å². The monoisotopic (exact) mass is 437 g/mol. The summed E-state index contributed by atoms with van der Waals surface area (Å²) in [5, 5.41) is 8.89. The second kappa shape index (κ2) is 10.9. The summed E-state index contributed by atoms with van der Waals surface area (Å²) in [5.74, 6) is 1.29. The van der Waals surface area contributed by atoms with Gasteiger partial charge in [0.15, 0.2) is 5.96 Å². The van der Waals surface area contributed by atoms with E-state index in [4.69, 9.17) is 0 Å². The molecule has 2 amide bonds. The molecule has 3 N–H and O–H groups in total. The van der Waals surface area contributed by atoms with E-state index in [2.05, 4.69) is 41.8 Å². The highest BCUT2D eigenvalue weighted by Crippen LogP contribution is 2.20. The predicted octanol–water partition coefficient (Wildman–Crippen LogP) is 1.60. The zero-order valence-corrected chi connectivity index (χ0v) is 17.5. The molecule has 1 saturated heterocycles. The van der Waals surface area contributed by atoms with Gasteiger partial charge in [-0.2, -0.15) is 0 Å². The van der Waals surface area contributed by atoms with Crippen LogP contribution in [0.15, 0.2) is 33.7 Å². The van der Waals surface area contributed by atoms with Gasteiger partial charge < -0.3 is 20.9 Å². The number of carbonyl (C=O) groups is 2. The Hall–Kier alpha value is -2.09. The first-order chi connectivity index (χ1) is 13.0. The molecule has 0 saturated carbocycles. The average molecular weight is 438 g/mol. The zero-order valence-electron chi connectivity index (χ0n) is 15.9. The van der Waals surface area contributed by atoms with E-state index in [0.717, 1.165) is 36.4 Å². The van der Waals surface area contributed by atoms with E-state index < -0.39 is 0 Å². The number of hydrogen-bond donors (Lipinski definition) is 3. The van der Waals surface area contributed by atoms with E-state index in [1.165, 1.54) is 0 Å². The summed E-state index contributed by atoms with van der Waals surface area (Å²) in [6, 6.07) is 7.31. The minimum Gasteiger partial charge on any atom is -0.359 e. The first-order valence-corrected chi connectivity index (χ1v) is 10.0. The highest BCUT2D eigenvalue weighted by molar-refractivity contribution is 9.10. The Labute approximate surface area is 169 Å². The Morgan fingerprint density at radius 1 is 1.22 bits per heavy atom. The quantitative estimate of drug-likeness (QED) is 0.358. The topological polar surface area (TPSA) is 85.8 Å². The Bertz CT molecular complexity index is 672. The molecule has 0 unspecified atom stereocenters. The van der Waals surface area contributed by atoms with Crippen LogP contribution in [0.5, 0.6) is 0 Å². The number of rotatable bonds is 6. The van der Waals surface area contributed by atoms with Gasteiger partial charge >= 0.3 is 0 Å². The van der Waals surface area contributed by atoms with E-state index in [1.807, 2.05) is 12.1 Å². The SMILES string of the molecule is CN=C(NCCNC(=O)c1cccc(Br)c1)N1CCC(CC(=O)NC)CC1.